The average molecular weight is 355 g/mol. The van der Waals surface area contributed by atoms with E-state index in [4.69, 9.17) is 5.11 Å². The smallest absolute Gasteiger partial charge is 0.338 e. The second-order valence-corrected chi connectivity index (χ2v) is 6.49. The van der Waals surface area contributed by atoms with E-state index in [1.807, 2.05) is 4.72 Å². The number of carboxylic acids is 1. The van der Waals surface area contributed by atoms with Crippen molar-refractivity contribution in [2.24, 2.45) is 0 Å². The van der Waals surface area contributed by atoms with Crippen molar-refractivity contribution in [3.8, 4) is 0 Å². The van der Waals surface area contributed by atoms with Crippen LogP contribution in [0.3, 0.4) is 0 Å². The number of carboxylic acid groups (broad SMARTS) is 1. The summed E-state index contributed by atoms with van der Waals surface area (Å²) in [5, 5.41) is 8.69. The zero-order chi connectivity index (χ0) is 18.1. The van der Waals surface area contributed by atoms with Gasteiger partial charge >= 0.3 is 5.97 Å². The number of ketones is 1. The van der Waals surface area contributed by atoms with Gasteiger partial charge in [-0.25, -0.2) is 22.0 Å². The Hall–Kier alpha value is -2.81. The fourth-order valence-electron chi connectivity index (χ4n) is 1.86. The predicted molar refractivity (Wildman–Crippen MR) is 80.6 cm³/mol. The second kappa shape index (κ2) is 6.36. The molecule has 0 amide bonds. The molecule has 0 aliphatic heterocycles. The first-order chi connectivity index (χ1) is 11.1. The van der Waals surface area contributed by atoms with Crippen LogP contribution in [0.4, 0.5) is 14.5 Å². The van der Waals surface area contributed by atoms with Crippen LogP contribution in [0, 0.1) is 11.6 Å². The van der Waals surface area contributed by atoms with Crippen LogP contribution in [0.1, 0.15) is 27.6 Å². The third kappa shape index (κ3) is 3.57. The maximum absolute atomic E-state index is 13.8. The number of Topliss-reactive ketones (excluding diaryl/α,β-unsaturated/α-hetero) is 1. The highest BCUT2D eigenvalue weighted by molar-refractivity contribution is 7.92. The molecule has 0 fully saturated rings. The van der Waals surface area contributed by atoms with Gasteiger partial charge in [0.1, 0.15) is 11.6 Å². The topological polar surface area (TPSA) is 101 Å². The van der Waals surface area contributed by atoms with Crippen LogP contribution in [-0.2, 0) is 10.0 Å². The number of hydrogen-bond donors (Lipinski definition) is 2. The Morgan fingerprint density at radius 2 is 1.62 bits per heavy atom. The molecule has 0 aliphatic carbocycles. The summed E-state index contributed by atoms with van der Waals surface area (Å²) >= 11 is 0. The van der Waals surface area contributed by atoms with Crippen LogP contribution in [0.25, 0.3) is 0 Å². The molecule has 0 radical (unpaired) electrons. The maximum atomic E-state index is 13.8. The van der Waals surface area contributed by atoms with Gasteiger partial charge in [-0.15, -0.1) is 0 Å². The molecule has 0 atom stereocenters. The van der Waals surface area contributed by atoms with Crippen molar-refractivity contribution in [1.82, 2.24) is 0 Å². The molecule has 0 saturated heterocycles. The zero-order valence-corrected chi connectivity index (χ0v) is 13.0. The summed E-state index contributed by atoms with van der Waals surface area (Å²) in [6, 6.07) is 5.66. The first kappa shape index (κ1) is 17.5. The molecule has 0 spiro atoms. The highest BCUT2D eigenvalue weighted by Crippen LogP contribution is 2.23. The van der Waals surface area contributed by atoms with Crippen molar-refractivity contribution < 1.29 is 31.9 Å². The Morgan fingerprint density at radius 3 is 2.12 bits per heavy atom. The van der Waals surface area contributed by atoms with Crippen molar-refractivity contribution >= 4 is 27.5 Å². The van der Waals surface area contributed by atoms with Gasteiger partial charge in [0, 0.05) is 11.6 Å². The molecule has 0 aromatic heterocycles. The van der Waals surface area contributed by atoms with Gasteiger partial charge in [0.25, 0.3) is 10.0 Å². The number of nitrogens with one attached hydrogen (secondary N) is 1. The van der Waals surface area contributed by atoms with Gasteiger partial charge in [0.2, 0.25) is 0 Å². The summed E-state index contributed by atoms with van der Waals surface area (Å²) in [4.78, 5) is 21.6. The Morgan fingerprint density at radius 1 is 1.04 bits per heavy atom. The van der Waals surface area contributed by atoms with Gasteiger partial charge in [0.15, 0.2) is 5.78 Å². The third-order valence-electron chi connectivity index (χ3n) is 3.10. The lowest BCUT2D eigenvalue weighted by atomic mass is 10.2. The fraction of sp³-hybridized carbons (Fsp3) is 0.0667. The number of carbonyl (C=O) groups is 2. The summed E-state index contributed by atoms with van der Waals surface area (Å²) in [6.45, 7) is 1.31. The average Bonchev–Trinajstić information content (AvgIpc) is 2.50. The van der Waals surface area contributed by atoms with Gasteiger partial charge < -0.3 is 5.11 Å². The van der Waals surface area contributed by atoms with Gasteiger partial charge in [-0.2, -0.15) is 0 Å². The Labute approximate surface area is 135 Å². The van der Waals surface area contributed by atoms with Crippen molar-refractivity contribution in [1.29, 1.82) is 0 Å². The molecule has 24 heavy (non-hydrogen) atoms. The third-order valence-corrected chi connectivity index (χ3v) is 4.48. The lowest BCUT2D eigenvalue weighted by Gasteiger charge is -2.10. The minimum Gasteiger partial charge on any atom is -0.478 e. The minimum absolute atomic E-state index is 0.260. The van der Waals surface area contributed by atoms with Crippen LogP contribution >= 0.6 is 0 Å². The van der Waals surface area contributed by atoms with E-state index in [0.29, 0.717) is 12.1 Å². The first-order valence-electron chi connectivity index (χ1n) is 6.48. The highest BCUT2D eigenvalue weighted by atomic mass is 32.2. The number of aromatic carboxylic acids is 1. The zero-order valence-electron chi connectivity index (χ0n) is 12.2. The highest BCUT2D eigenvalue weighted by Gasteiger charge is 2.20. The molecule has 0 unspecified atom stereocenters. The molecule has 0 heterocycles. The van der Waals surface area contributed by atoms with Gasteiger partial charge in [-0.05, 0) is 25.1 Å². The van der Waals surface area contributed by atoms with E-state index < -0.39 is 38.9 Å². The van der Waals surface area contributed by atoms with Crippen LogP contribution in [-0.4, -0.2) is 25.3 Å². The monoisotopic (exact) mass is 355 g/mol. The van der Waals surface area contributed by atoms with E-state index in [0.717, 1.165) is 12.1 Å². The molecule has 0 saturated carbocycles. The summed E-state index contributed by atoms with van der Waals surface area (Å²) in [5.74, 6) is -4.46. The molecular weight excluding hydrogens is 344 g/mol. The standard InChI is InChI=1S/C15H11F2NO5S/c1-8(19)9-2-4-10(5-3-9)24(22,23)18-14-7-12(16)11(15(20)21)6-13(14)17/h2-7,18H,1H3,(H,20,21). The van der Waals surface area contributed by atoms with E-state index in [1.165, 1.54) is 19.1 Å². The van der Waals surface area contributed by atoms with Gasteiger partial charge in [-0.1, -0.05) is 12.1 Å². The summed E-state index contributed by atoms with van der Waals surface area (Å²) in [5.41, 5.74) is -1.36. The fourth-order valence-corrected chi connectivity index (χ4v) is 2.92. The number of sulfonamides is 1. The minimum atomic E-state index is -4.24. The lowest BCUT2D eigenvalue weighted by molar-refractivity contribution is 0.0691. The molecule has 2 aromatic carbocycles. The number of anilines is 1. The molecule has 0 aliphatic rings. The van der Waals surface area contributed by atoms with Crippen molar-refractivity contribution in [3.63, 3.8) is 0 Å². The number of halogens is 2. The molecule has 2 aromatic rings. The quantitative estimate of drug-likeness (QED) is 0.803. The lowest BCUT2D eigenvalue weighted by Crippen LogP contribution is -2.15. The molecule has 2 N–H and O–H groups in total. The van der Waals surface area contributed by atoms with Crippen LogP contribution in [0.5, 0.6) is 0 Å². The summed E-state index contributed by atoms with van der Waals surface area (Å²) in [6.07, 6.45) is 0. The molecule has 6 nitrogen and oxygen atoms in total. The Kier molecular flexibility index (Phi) is 4.65. The van der Waals surface area contributed by atoms with Crippen LogP contribution in [0.15, 0.2) is 41.3 Å². The van der Waals surface area contributed by atoms with E-state index in [2.05, 4.69) is 0 Å². The largest absolute Gasteiger partial charge is 0.478 e. The summed E-state index contributed by atoms with van der Waals surface area (Å²) < 4.78 is 53.6. The van der Waals surface area contributed by atoms with E-state index >= 15 is 0 Å². The van der Waals surface area contributed by atoms with E-state index in [1.54, 1.807) is 0 Å². The van der Waals surface area contributed by atoms with Crippen molar-refractivity contribution in [3.05, 3.63) is 59.2 Å². The number of benzene rings is 2. The number of hydrogen-bond acceptors (Lipinski definition) is 4. The SMILES string of the molecule is CC(=O)c1ccc(S(=O)(=O)Nc2cc(F)c(C(=O)O)cc2F)cc1. The van der Waals surface area contributed by atoms with Gasteiger partial charge in [0.05, 0.1) is 16.1 Å². The molecule has 126 valence electrons. The van der Waals surface area contributed by atoms with Crippen molar-refractivity contribution in [2.75, 3.05) is 4.72 Å². The van der Waals surface area contributed by atoms with Crippen molar-refractivity contribution in [2.45, 2.75) is 11.8 Å². The molecule has 9 heteroatoms. The maximum Gasteiger partial charge on any atom is 0.338 e. The first-order valence-corrected chi connectivity index (χ1v) is 7.96. The normalized spacial score (nSPS) is 11.1. The Balaban J connectivity index is 2.37. The predicted octanol–water partition coefficient (Wildman–Crippen LogP) is 2.67. The molecular formula is C15H11F2NO5S. The van der Waals surface area contributed by atoms with Crippen LogP contribution < -0.4 is 4.72 Å². The van der Waals surface area contributed by atoms with Crippen LogP contribution in [0.2, 0.25) is 0 Å². The van der Waals surface area contributed by atoms with E-state index in [-0.39, 0.29) is 16.2 Å². The second-order valence-electron chi connectivity index (χ2n) is 4.80. The molecule has 2 rings (SSSR count). The van der Waals surface area contributed by atoms with E-state index in [9.17, 15) is 26.8 Å². The molecule has 0 bridgehead atoms. The van der Waals surface area contributed by atoms with Gasteiger partial charge in [-0.3, -0.25) is 9.52 Å². The number of carbonyl (C=O) groups excluding carboxylic acids is 1. The summed E-state index contributed by atoms with van der Waals surface area (Å²) in [7, 11) is -4.24. The number of rotatable bonds is 5. The Bertz CT molecular complexity index is 924.